The summed E-state index contributed by atoms with van der Waals surface area (Å²) in [4.78, 5) is 25.5. The van der Waals surface area contributed by atoms with Crippen molar-refractivity contribution in [2.24, 2.45) is 7.05 Å². The van der Waals surface area contributed by atoms with Gasteiger partial charge in [0.15, 0.2) is 0 Å². The molecule has 0 saturated heterocycles. The topological polar surface area (TPSA) is 87.6 Å². The smallest absolute Gasteiger partial charge is 0.287 e. The Labute approximate surface area is 164 Å². The predicted octanol–water partition coefficient (Wildman–Crippen LogP) is 2.14. The van der Waals surface area contributed by atoms with E-state index in [0.717, 1.165) is 9.36 Å². The van der Waals surface area contributed by atoms with Crippen molar-refractivity contribution in [2.45, 2.75) is 13.8 Å². The van der Waals surface area contributed by atoms with Crippen molar-refractivity contribution in [2.75, 3.05) is 0 Å². The monoisotopic (exact) mass is 392 g/mol. The van der Waals surface area contributed by atoms with E-state index in [1.54, 1.807) is 56.4 Å². The molecule has 0 unspecified atom stereocenters. The van der Waals surface area contributed by atoms with Gasteiger partial charge in [-0.1, -0.05) is 18.2 Å². The first-order valence-electron chi connectivity index (χ1n) is 8.82. The molecule has 2 aromatic heterocycles. The maximum absolute atomic E-state index is 13.9. The molecule has 0 saturated carbocycles. The van der Waals surface area contributed by atoms with Crippen LogP contribution in [0.3, 0.4) is 0 Å². The molecule has 0 N–H and O–H groups in total. The summed E-state index contributed by atoms with van der Waals surface area (Å²) in [5.74, 6) is -0.726. The number of hydrogen-bond donors (Lipinski definition) is 0. The van der Waals surface area contributed by atoms with Gasteiger partial charge in [0.2, 0.25) is 5.78 Å². The Kier molecular flexibility index (Phi) is 4.42. The molecule has 0 aliphatic heterocycles. The summed E-state index contributed by atoms with van der Waals surface area (Å²) in [5.41, 5.74) is 2.02. The lowest BCUT2D eigenvalue weighted by molar-refractivity contribution is 0.103. The summed E-state index contributed by atoms with van der Waals surface area (Å²) < 4.78 is 17.5. The van der Waals surface area contributed by atoms with E-state index in [1.807, 2.05) is 0 Å². The molecule has 2 aromatic carbocycles. The second-order valence-electron chi connectivity index (χ2n) is 6.67. The maximum Gasteiger partial charge on any atom is 0.368 e. The summed E-state index contributed by atoms with van der Waals surface area (Å²) in [6, 6.07) is 11.4. The number of aromatic nitrogens is 6. The Morgan fingerprint density at radius 2 is 1.83 bits per heavy atom. The summed E-state index contributed by atoms with van der Waals surface area (Å²) in [6.07, 6.45) is 1.59. The molecular formula is C20H17FN6O2. The van der Waals surface area contributed by atoms with Crippen LogP contribution >= 0.6 is 0 Å². The number of aryl methyl sites for hydroxylation is 3. The molecule has 0 aliphatic rings. The molecule has 0 spiro atoms. The van der Waals surface area contributed by atoms with Gasteiger partial charge in [-0.2, -0.15) is 14.5 Å². The van der Waals surface area contributed by atoms with Crippen LogP contribution in [0.25, 0.3) is 11.4 Å². The molecule has 146 valence electrons. The number of carbonyl (C=O) groups is 1. The zero-order valence-electron chi connectivity index (χ0n) is 16.0. The zero-order chi connectivity index (χ0) is 20.7. The van der Waals surface area contributed by atoms with Crippen LogP contribution in [-0.2, 0) is 7.05 Å². The number of halogens is 1. The summed E-state index contributed by atoms with van der Waals surface area (Å²) in [7, 11) is 1.48. The first-order valence-corrected chi connectivity index (χ1v) is 8.82. The molecule has 2 heterocycles. The van der Waals surface area contributed by atoms with Gasteiger partial charge in [0.25, 0.3) is 0 Å². The fraction of sp³-hybridized carbons (Fsp3) is 0.150. The number of benzene rings is 2. The van der Waals surface area contributed by atoms with Crippen LogP contribution in [0.5, 0.6) is 0 Å². The Balaban J connectivity index is 1.78. The largest absolute Gasteiger partial charge is 0.368 e. The van der Waals surface area contributed by atoms with Crippen LogP contribution in [0.15, 0.2) is 53.5 Å². The third kappa shape index (κ3) is 3.16. The van der Waals surface area contributed by atoms with Gasteiger partial charge in [0.05, 0.1) is 16.9 Å². The number of nitrogens with zero attached hydrogens (tertiary/aromatic N) is 6. The lowest BCUT2D eigenvalue weighted by Crippen LogP contribution is -2.24. The molecule has 0 aliphatic carbocycles. The molecule has 0 amide bonds. The molecule has 29 heavy (non-hydrogen) atoms. The molecular weight excluding hydrogens is 375 g/mol. The van der Waals surface area contributed by atoms with Gasteiger partial charge in [-0.05, 0) is 59.7 Å². The summed E-state index contributed by atoms with van der Waals surface area (Å²) >= 11 is 0. The number of carbonyl (C=O) groups excluding carboxylic acids is 1. The van der Waals surface area contributed by atoms with E-state index in [-0.39, 0.29) is 17.3 Å². The first kappa shape index (κ1) is 18.5. The highest BCUT2D eigenvalue weighted by Gasteiger charge is 2.22. The standard InChI is InChI=1S/C20H17FN6O2/c1-12-7-8-14(11-15(12)21)26-10-9-16(22-26)19(28)18-13(2)5-4-6-17(18)27-20(29)25(3)23-24-27/h4-11H,1-3H3. The van der Waals surface area contributed by atoms with Gasteiger partial charge >= 0.3 is 5.69 Å². The second kappa shape index (κ2) is 6.93. The van der Waals surface area contributed by atoms with Crippen LogP contribution in [0.1, 0.15) is 27.2 Å². The van der Waals surface area contributed by atoms with Gasteiger partial charge in [0, 0.05) is 13.2 Å². The minimum Gasteiger partial charge on any atom is -0.287 e. The molecule has 0 fully saturated rings. The minimum atomic E-state index is -0.467. The van der Waals surface area contributed by atoms with Gasteiger partial charge in [-0.15, -0.1) is 0 Å². The Hall–Kier alpha value is -3.88. The second-order valence-corrected chi connectivity index (χ2v) is 6.67. The molecule has 0 bridgehead atoms. The first-order chi connectivity index (χ1) is 13.9. The SMILES string of the molecule is Cc1ccc(-n2ccc(C(=O)c3c(C)cccc3-n3nnn(C)c3=O)n2)cc1F. The Morgan fingerprint density at radius 1 is 1.03 bits per heavy atom. The van der Waals surface area contributed by atoms with Crippen molar-refractivity contribution in [1.29, 1.82) is 0 Å². The number of ketones is 1. The normalized spacial score (nSPS) is 11.0. The molecule has 4 rings (SSSR count). The lowest BCUT2D eigenvalue weighted by Gasteiger charge is -2.09. The maximum atomic E-state index is 13.9. The number of rotatable bonds is 4. The van der Waals surface area contributed by atoms with E-state index in [9.17, 15) is 14.0 Å². The van der Waals surface area contributed by atoms with E-state index >= 15 is 0 Å². The highest BCUT2D eigenvalue weighted by atomic mass is 19.1. The average molecular weight is 392 g/mol. The van der Waals surface area contributed by atoms with Gasteiger partial charge in [-0.3, -0.25) is 4.79 Å². The van der Waals surface area contributed by atoms with Crippen LogP contribution in [-0.4, -0.2) is 35.4 Å². The third-order valence-electron chi connectivity index (χ3n) is 4.67. The van der Waals surface area contributed by atoms with E-state index < -0.39 is 5.69 Å². The van der Waals surface area contributed by atoms with E-state index in [2.05, 4.69) is 15.5 Å². The Morgan fingerprint density at radius 3 is 2.52 bits per heavy atom. The zero-order valence-corrected chi connectivity index (χ0v) is 16.0. The number of hydrogen-bond acceptors (Lipinski definition) is 5. The van der Waals surface area contributed by atoms with Crippen molar-refractivity contribution >= 4 is 5.78 Å². The van der Waals surface area contributed by atoms with E-state index in [4.69, 9.17) is 0 Å². The van der Waals surface area contributed by atoms with Crippen molar-refractivity contribution in [3.63, 3.8) is 0 Å². The highest BCUT2D eigenvalue weighted by Crippen LogP contribution is 2.21. The highest BCUT2D eigenvalue weighted by molar-refractivity contribution is 6.11. The number of tetrazole rings is 1. The van der Waals surface area contributed by atoms with Crippen molar-refractivity contribution in [1.82, 2.24) is 29.6 Å². The molecule has 8 nitrogen and oxygen atoms in total. The van der Waals surface area contributed by atoms with Crippen LogP contribution < -0.4 is 5.69 Å². The molecule has 4 aromatic rings. The predicted molar refractivity (Wildman–Crippen MR) is 103 cm³/mol. The van der Waals surface area contributed by atoms with E-state index in [0.29, 0.717) is 28.1 Å². The van der Waals surface area contributed by atoms with Gasteiger partial charge in [-0.25, -0.2) is 13.9 Å². The summed E-state index contributed by atoms with van der Waals surface area (Å²) in [5, 5.41) is 11.8. The van der Waals surface area contributed by atoms with Crippen LogP contribution in [0.4, 0.5) is 4.39 Å². The van der Waals surface area contributed by atoms with Gasteiger partial charge < -0.3 is 0 Å². The quantitative estimate of drug-likeness (QED) is 0.497. The molecule has 9 heteroatoms. The van der Waals surface area contributed by atoms with Crippen molar-refractivity contribution < 1.29 is 9.18 Å². The van der Waals surface area contributed by atoms with E-state index in [1.165, 1.54) is 17.8 Å². The fourth-order valence-electron chi connectivity index (χ4n) is 3.03. The lowest BCUT2D eigenvalue weighted by atomic mass is 10.0. The third-order valence-corrected chi connectivity index (χ3v) is 4.67. The fourth-order valence-corrected chi connectivity index (χ4v) is 3.03. The van der Waals surface area contributed by atoms with Crippen LogP contribution in [0.2, 0.25) is 0 Å². The molecule has 0 atom stereocenters. The van der Waals surface area contributed by atoms with Gasteiger partial charge in [0.1, 0.15) is 11.5 Å². The van der Waals surface area contributed by atoms with Crippen molar-refractivity contribution in [3.05, 3.63) is 87.3 Å². The van der Waals surface area contributed by atoms with Crippen LogP contribution in [0, 0.1) is 19.7 Å². The average Bonchev–Trinajstić information content (AvgIpc) is 3.31. The summed E-state index contributed by atoms with van der Waals surface area (Å²) in [6.45, 7) is 3.44. The molecule has 0 radical (unpaired) electrons. The van der Waals surface area contributed by atoms with Crippen molar-refractivity contribution in [3.8, 4) is 11.4 Å². The Bertz CT molecular complexity index is 1300. The minimum absolute atomic E-state index is 0.165.